The molecule has 0 atom stereocenters. The van der Waals surface area contributed by atoms with Gasteiger partial charge in [0.15, 0.2) is 0 Å². The lowest BCUT2D eigenvalue weighted by atomic mass is 10.1. The first-order chi connectivity index (χ1) is 10.4. The highest BCUT2D eigenvalue weighted by Gasteiger charge is 2.05. The highest BCUT2D eigenvalue weighted by molar-refractivity contribution is 5.88. The number of rotatable bonds is 5. The maximum atomic E-state index is 5.81. The van der Waals surface area contributed by atoms with Gasteiger partial charge in [0.2, 0.25) is 0 Å². The minimum atomic E-state index is 0.367. The number of fused-ring (bicyclic) bond motifs is 1. The molecule has 0 unspecified atom stereocenters. The van der Waals surface area contributed by atoms with Crippen molar-refractivity contribution in [3.8, 4) is 11.8 Å². The number of hydrogen-bond acceptors (Lipinski definition) is 4. The molecular weight excluding hydrogens is 262 g/mol. The summed E-state index contributed by atoms with van der Waals surface area (Å²) in [6, 6.07) is 14.4. The minimum Gasteiger partial charge on any atom is -0.424 e. The lowest BCUT2D eigenvalue weighted by Gasteiger charge is -2.07. The summed E-state index contributed by atoms with van der Waals surface area (Å²) in [6.45, 7) is 3.76. The SMILES string of the molecule is CCNCc1cnc(Oc2cccc3ccccc23)nc1. The Bertz CT molecular complexity index is 720. The first-order valence-electron chi connectivity index (χ1n) is 7.04. The van der Waals surface area contributed by atoms with Gasteiger partial charge in [-0.1, -0.05) is 43.3 Å². The van der Waals surface area contributed by atoms with Crippen molar-refractivity contribution in [2.45, 2.75) is 13.5 Å². The second kappa shape index (κ2) is 6.33. The number of ether oxygens (including phenoxy) is 1. The predicted molar refractivity (Wildman–Crippen MR) is 83.4 cm³/mol. The van der Waals surface area contributed by atoms with Crippen LogP contribution >= 0.6 is 0 Å². The van der Waals surface area contributed by atoms with Gasteiger partial charge in [0, 0.05) is 29.9 Å². The molecule has 0 aliphatic carbocycles. The highest BCUT2D eigenvalue weighted by Crippen LogP contribution is 2.27. The summed E-state index contributed by atoms with van der Waals surface area (Å²) in [5, 5.41) is 5.43. The van der Waals surface area contributed by atoms with E-state index in [0.717, 1.165) is 35.2 Å². The number of hydrogen-bond donors (Lipinski definition) is 1. The first kappa shape index (κ1) is 13.5. The van der Waals surface area contributed by atoms with Crippen LogP contribution < -0.4 is 10.1 Å². The fourth-order valence-electron chi connectivity index (χ4n) is 2.14. The molecule has 21 heavy (non-hydrogen) atoms. The fraction of sp³-hybridized carbons (Fsp3) is 0.176. The molecule has 3 aromatic rings. The third-order valence-corrected chi connectivity index (χ3v) is 3.21. The van der Waals surface area contributed by atoms with E-state index in [1.807, 2.05) is 30.3 Å². The van der Waals surface area contributed by atoms with Gasteiger partial charge in [-0.05, 0) is 18.0 Å². The van der Waals surface area contributed by atoms with Crippen LogP contribution in [0.5, 0.6) is 11.8 Å². The fourth-order valence-corrected chi connectivity index (χ4v) is 2.14. The van der Waals surface area contributed by atoms with Crippen LogP contribution in [0.4, 0.5) is 0 Å². The summed E-state index contributed by atoms with van der Waals surface area (Å²) in [6.07, 6.45) is 3.58. The van der Waals surface area contributed by atoms with Gasteiger partial charge in [0.25, 0.3) is 0 Å². The maximum Gasteiger partial charge on any atom is 0.321 e. The molecule has 0 fully saturated rings. The van der Waals surface area contributed by atoms with E-state index < -0.39 is 0 Å². The largest absolute Gasteiger partial charge is 0.424 e. The smallest absolute Gasteiger partial charge is 0.321 e. The molecule has 4 nitrogen and oxygen atoms in total. The van der Waals surface area contributed by atoms with Crippen molar-refractivity contribution in [2.24, 2.45) is 0 Å². The van der Waals surface area contributed by atoms with E-state index in [1.165, 1.54) is 0 Å². The first-order valence-corrected chi connectivity index (χ1v) is 7.04. The van der Waals surface area contributed by atoms with Crippen LogP contribution in [0.3, 0.4) is 0 Å². The van der Waals surface area contributed by atoms with Crippen LogP contribution in [0, 0.1) is 0 Å². The number of nitrogens with one attached hydrogen (secondary N) is 1. The van der Waals surface area contributed by atoms with Crippen LogP contribution in [0.25, 0.3) is 10.8 Å². The van der Waals surface area contributed by atoms with E-state index in [0.29, 0.717) is 6.01 Å². The summed E-state index contributed by atoms with van der Waals surface area (Å²) in [7, 11) is 0. The average Bonchev–Trinajstić information content (AvgIpc) is 2.55. The molecule has 0 amide bonds. The summed E-state index contributed by atoms with van der Waals surface area (Å²) in [5.41, 5.74) is 1.04. The third-order valence-electron chi connectivity index (χ3n) is 3.21. The van der Waals surface area contributed by atoms with Crippen molar-refractivity contribution in [1.82, 2.24) is 15.3 Å². The summed E-state index contributed by atoms with van der Waals surface area (Å²) in [4.78, 5) is 8.52. The standard InChI is InChI=1S/C17H17N3O/c1-2-18-10-13-11-19-17(20-12-13)21-16-9-5-7-14-6-3-4-8-15(14)16/h3-9,11-12,18H,2,10H2,1H3. The van der Waals surface area contributed by atoms with E-state index in [1.54, 1.807) is 12.4 Å². The van der Waals surface area contributed by atoms with Gasteiger partial charge >= 0.3 is 6.01 Å². The monoisotopic (exact) mass is 279 g/mol. The molecule has 1 heterocycles. The lowest BCUT2D eigenvalue weighted by molar-refractivity contribution is 0.445. The van der Waals surface area contributed by atoms with Crippen molar-refractivity contribution in [1.29, 1.82) is 0 Å². The van der Waals surface area contributed by atoms with E-state index in [4.69, 9.17) is 4.74 Å². The average molecular weight is 279 g/mol. The Labute approximate surface area is 123 Å². The molecule has 0 aliphatic rings. The van der Waals surface area contributed by atoms with E-state index in [-0.39, 0.29) is 0 Å². The third kappa shape index (κ3) is 3.17. The number of nitrogens with zero attached hydrogens (tertiary/aromatic N) is 2. The molecule has 0 radical (unpaired) electrons. The van der Waals surface area contributed by atoms with Gasteiger partial charge < -0.3 is 10.1 Å². The van der Waals surface area contributed by atoms with Gasteiger partial charge in [-0.15, -0.1) is 0 Å². The summed E-state index contributed by atoms with van der Waals surface area (Å²) in [5.74, 6) is 0.771. The Balaban J connectivity index is 1.82. The molecule has 106 valence electrons. The van der Waals surface area contributed by atoms with Gasteiger partial charge in [0.1, 0.15) is 5.75 Å². The molecular formula is C17H17N3O. The second-order valence-corrected chi connectivity index (χ2v) is 4.73. The second-order valence-electron chi connectivity index (χ2n) is 4.73. The molecule has 4 heteroatoms. The Kier molecular flexibility index (Phi) is 4.07. The van der Waals surface area contributed by atoms with Crippen LogP contribution in [-0.2, 0) is 6.54 Å². The molecule has 0 bridgehead atoms. The van der Waals surface area contributed by atoms with Gasteiger partial charge in [-0.2, -0.15) is 0 Å². The zero-order valence-electron chi connectivity index (χ0n) is 11.9. The van der Waals surface area contributed by atoms with Crippen LogP contribution in [0.2, 0.25) is 0 Å². The summed E-state index contributed by atoms with van der Waals surface area (Å²) < 4.78 is 5.81. The van der Waals surface area contributed by atoms with Crippen LogP contribution in [0.1, 0.15) is 12.5 Å². The molecule has 2 aromatic carbocycles. The number of benzene rings is 2. The molecule has 0 saturated carbocycles. The maximum absolute atomic E-state index is 5.81. The molecule has 0 aliphatic heterocycles. The Morgan fingerprint density at radius 3 is 2.57 bits per heavy atom. The van der Waals surface area contributed by atoms with Gasteiger partial charge in [-0.3, -0.25) is 0 Å². The topological polar surface area (TPSA) is 47.0 Å². The van der Waals surface area contributed by atoms with E-state index in [9.17, 15) is 0 Å². The highest BCUT2D eigenvalue weighted by atomic mass is 16.5. The zero-order valence-corrected chi connectivity index (χ0v) is 11.9. The normalized spacial score (nSPS) is 10.7. The van der Waals surface area contributed by atoms with Gasteiger partial charge in [0.05, 0.1) is 0 Å². The Morgan fingerprint density at radius 1 is 1.00 bits per heavy atom. The van der Waals surface area contributed by atoms with Crippen molar-refractivity contribution < 1.29 is 4.74 Å². The van der Waals surface area contributed by atoms with Crippen molar-refractivity contribution >= 4 is 10.8 Å². The van der Waals surface area contributed by atoms with Crippen molar-refractivity contribution in [2.75, 3.05) is 6.54 Å². The molecule has 3 rings (SSSR count). The Morgan fingerprint density at radius 2 is 1.76 bits per heavy atom. The van der Waals surface area contributed by atoms with Crippen molar-refractivity contribution in [3.05, 3.63) is 60.4 Å². The Hall–Kier alpha value is -2.46. The molecule has 1 aromatic heterocycles. The van der Waals surface area contributed by atoms with E-state index >= 15 is 0 Å². The van der Waals surface area contributed by atoms with Gasteiger partial charge in [-0.25, -0.2) is 9.97 Å². The quantitative estimate of drug-likeness (QED) is 0.776. The summed E-state index contributed by atoms with van der Waals surface area (Å²) >= 11 is 0. The van der Waals surface area contributed by atoms with Crippen molar-refractivity contribution in [3.63, 3.8) is 0 Å². The minimum absolute atomic E-state index is 0.367. The van der Waals surface area contributed by atoms with Crippen LogP contribution in [0.15, 0.2) is 54.9 Å². The molecule has 1 N–H and O–H groups in total. The van der Waals surface area contributed by atoms with E-state index in [2.05, 4.69) is 34.3 Å². The van der Waals surface area contributed by atoms with Crippen LogP contribution in [-0.4, -0.2) is 16.5 Å². The molecule has 0 spiro atoms. The predicted octanol–water partition coefficient (Wildman–Crippen LogP) is 3.53. The lowest BCUT2D eigenvalue weighted by Crippen LogP contribution is -2.12. The number of aromatic nitrogens is 2. The molecule has 0 saturated heterocycles. The zero-order chi connectivity index (χ0) is 14.5.